The third-order valence-corrected chi connectivity index (χ3v) is 21.0. The predicted octanol–water partition coefficient (Wildman–Crippen LogP) is 5.53. The standard InChI is InChI=1S/C4H8O2.3C4H9.Pb/c1-3(2)4(5)6;3*1-3-4-2;/h3H,1-2H3,(H,5,6);3*1,3-4H2,2H3;/q;;;;+1/p-1. The topological polar surface area (TPSA) is 26.3 Å². The first-order valence-corrected chi connectivity index (χ1v) is 18.1. The Kier molecular flexibility index (Phi) is 11.3. The van der Waals surface area contributed by atoms with Crippen molar-refractivity contribution in [2.75, 3.05) is 0 Å². The summed E-state index contributed by atoms with van der Waals surface area (Å²) in [7, 11) is 0. The molecule has 0 atom stereocenters. The van der Waals surface area contributed by atoms with E-state index in [0.717, 1.165) is 0 Å². The molecule has 0 aromatic rings. The molecule has 0 saturated heterocycles. The van der Waals surface area contributed by atoms with Crippen molar-refractivity contribution in [2.45, 2.75) is 85.1 Å². The number of hydrogen-bond acceptors (Lipinski definition) is 2. The molecule has 0 bridgehead atoms. The van der Waals surface area contributed by atoms with Crippen LogP contribution in [0.1, 0.15) is 73.1 Å². The molecular formula is C16H34O2Pb. The Bertz CT molecular complexity index is 217. The fraction of sp³-hybridized carbons (Fsp3) is 0.938. The summed E-state index contributed by atoms with van der Waals surface area (Å²) in [5, 5.41) is 0. The Balaban J connectivity index is 4.80. The first-order valence-electron chi connectivity index (χ1n) is 8.24. The summed E-state index contributed by atoms with van der Waals surface area (Å²) in [4.78, 5) is 12.1. The summed E-state index contributed by atoms with van der Waals surface area (Å²) in [5.74, 6) is 0.106. The molecule has 0 spiro atoms. The quantitative estimate of drug-likeness (QED) is 0.375. The van der Waals surface area contributed by atoms with Gasteiger partial charge in [0.05, 0.1) is 0 Å². The van der Waals surface area contributed by atoms with Gasteiger partial charge in [-0.15, -0.1) is 0 Å². The average molecular weight is 466 g/mol. The summed E-state index contributed by atoms with van der Waals surface area (Å²) in [5.41, 5.74) is 0. The Hall–Kier alpha value is 0.392. The molecule has 2 nitrogen and oxygen atoms in total. The maximum absolute atomic E-state index is 12.1. The van der Waals surface area contributed by atoms with Crippen LogP contribution >= 0.6 is 0 Å². The van der Waals surface area contributed by atoms with E-state index in [1.54, 1.807) is 0 Å². The van der Waals surface area contributed by atoms with Gasteiger partial charge in [-0.1, -0.05) is 0 Å². The van der Waals surface area contributed by atoms with Crippen LogP contribution in [0.15, 0.2) is 0 Å². The zero-order chi connectivity index (χ0) is 14.7. The Labute approximate surface area is 126 Å². The van der Waals surface area contributed by atoms with Gasteiger partial charge in [0.1, 0.15) is 0 Å². The van der Waals surface area contributed by atoms with Gasteiger partial charge in [-0.3, -0.25) is 0 Å². The molecule has 0 aliphatic heterocycles. The minimum atomic E-state index is -2.82. The predicted molar refractivity (Wildman–Crippen MR) is 85.8 cm³/mol. The molecule has 0 aromatic carbocycles. The van der Waals surface area contributed by atoms with E-state index in [1.807, 2.05) is 13.8 Å². The second kappa shape index (κ2) is 11.1. The SMILES string of the molecule is CCC[CH2][Pb]([CH2]CCC)([CH2]CCC)[O]C(=O)C(C)C. The minimum absolute atomic E-state index is 0.0317. The molecule has 0 aliphatic rings. The van der Waals surface area contributed by atoms with Crippen LogP contribution in [0, 0.1) is 5.92 Å². The molecule has 19 heavy (non-hydrogen) atoms. The molecule has 0 saturated carbocycles. The molecule has 0 aromatic heterocycles. The van der Waals surface area contributed by atoms with Crippen LogP contribution in [0.3, 0.4) is 0 Å². The third kappa shape index (κ3) is 8.31. The first-order chi connectivity index (χ1) is 9.01. The van der Waals surface area contributed by atoms with Crippen molar-refractivity contribution < 1.29 is 7.48 Å². The second-order valence-electron chi connectivity index (χ2n) is 6.07. The van der Waals surface area contributed by atoms with Crippen molar-refractivity contribution in [1.29, 1.82) is 0 Å². The fourth-order valence-electron chi connectivity index (χ4n) is 2.36. The molecule has 0 fully saturated rings. The summed E-state index contributed by atoms with van der Waals surface area (Å²) in [6, 6.07) is 0. The van der Waals surface area contributed by atoms with E-state index in [0.29, 0.717) is 0 Å². The van der Waals surface area contributed by atoms with Crippen LogP contribution in [-0.2, 0) is 7.48 Å². The van der Waals surface area contributed by atoms with Gasteiger partial charge in [0.15, 0.2) is 0 Å². The van der Waals surface area contributed by atoms with Crippen LogP contribution in [0.2, 0.25) is 11.9 Å². The third-order valence-electron chi connectivity index (χ3n) is 3.75. The van der Waals surface area contributed by atoms with Gasteiger partial charge in [-0.05, 0) is 0 Å². The van der Waals surface area contributed by atoms with Crippen molar-refractivity contribution >= 4 is 27.6 Å². The molecule has 0 rings (SSSR count). The van der Waals surface area contributed by atoms with Crippen LogP contribution in [0.4, 0.5) is 0 Å². The molecule has 0 N–H and O–H groups in total. The van der Waals surface area contributed by atoms with Crippen molar-refractivity contribution in [3.05, 3.63) is 0 Å². The van der Waals surface area contributed by atoms with Gasteiger partial charge in [-0.25, -0.2) is 0 Å². The number of carbonyl (C=O) groups excluding carboxylic acids is 1. The molecule has 0 aliphatic carbocycles. The monoisotopic (exact) mass is 466 g/mol. The average Bonchev–Trinajstić information content (AvgIpc) is 2.40. The first kappa shape index (κ1) is 19.4. The number of hydrogen-bond donors (Lipinski definition) is 0. The van der Waals surface area contributed by atoms with E-state index < -0.39 is 21.6 Å². The molecule has 0 unspecified atom stereocenters. The maximum atomic E-state index is 12.1. The van der Waals surface area contributed by atoms with Crippen LogP contribution in [0.5, 0.6) is 0 Å². The number of unbranched alkanes of at least 4 members (excludes halogenated alkanes) is 3. The molecule has 0 amide bonds. The van der Waals surface area contributed by atoms with E-state index in [4.69, 9.17) is 2.69 Å². The molecular weight excluding hydrogens is 431 g/mol. The summed E-state index contributed by atoms with van der Waals surface area (Å²) in [6.45, 7) is 10.6. The molecule has 3 heteroatoms. The van der Waals surface area contributed by atoms with E-state index in [-0.39, 0.29) is 11.9 Å². The van der Waals surface area contributed by atoms with Crippen LogP contribution in [0.25, 0.3) is 0 Å². The van der Waals surface area contributed by atoms with Gasteiger partial charge in [0.2, 0.25) is 0 Å². The van der Waals surface area contributed by atoms with Crippen molar-refractivity contribution in [1.82, 2.24) is 0 Å². The van der Waals surface area contributed by atoms with Gasteiger partial charge >= 0.3 is 126 Å². The summed E-state index contributed by atoms with van der Waals surface area (Å²) < 4.78 is 9.94. The van der Waals surface area contributed by atoms with Gasteiger partial charge in [0, 0.05) is 0 Å². The van der Waals surface area contributed by atoms with Gasteiger partial charge in [-0.2, -0.15) is 0 Å². The van der Waals surface area contributed by atoms with Crippen LogP contribution in [-0.4, -0.2) is 27.6 Å². The second-order valence-corrected chi connectivity index (χ2v) is 21.9. The number of rotatable bonds is 11. The normalized spacial score (nSPS) is 11.9. The Morgan fingerprint density at radius 1 is 0.895 bits per heavy atom. The zero-order valence-electron chi connectivity index (χ0n) is 13.8. The summed E-state index contributed by atoms with van der Waals surface area (Å²) >= 11 is -2.82. The van der Waals surface area contributed by atoms with Crippen LogP contribution < -0.4 is 0 Å². The fourth-order valence-corrected chi connectivity index (χ4v) is 20.7. The van der Waals surface area contributed by atoms with Crippen molar-refractivity contribution in [2.24, 2.45) is 5.92 Å². The van der Waals surface area contributed by atoms with E-state index in [1.165, 1.54) is 50.5 Å². The van der Waals surface area contributed by atoms with Gasteiger partial charge in [0.25, 0.3) is 0 Å². The number of carbonyl (C=O) groups is 1. The Morgan fingerprint density at radius 3 is 1.53 bits per heavy atom. The van der Waals surface area contributed by atoms with Crippen molar-refractivity contribution in [3.63, 3.8) is 0 Å². The molecule has 114 valence electrons. The van der Waals surface area contributed by atoms with E-state index >= 15 is 0 Å². The van der Waals surface area contributed by atoms with Crippen molar-refractivity contribution in [3.8, 4) is 0 Å². The molecule has 0 radical (unpaired) electrons. The summed E-state index contributed by atoms with van der Waals surface area (Å²) in [6.07, 6.45) is 7.42. The van der Waals surface area contributed by atoms with Gasteiger partial charge < -0.3 is 0 Å². The molecule has 0 heterocycles. The zero-order valence-corrected chi connectivity index (χ0v) is 17.6. The van der Waals surface area contributed by atoms with E-state index in [9.17, 15) is 4.79 Å². The van der Waals surface area contributed by atoms with E-state index in [2.05, 4.69) is 20.8 Å². The Morgan fingerprint density at radius 2 is 1.26 bits per heavy atom.